The minimum Gasteiger partial charge on any atom is -0.495 e. The average molecular weight is 463 g/mol. The maximum Gasteiger partial charge on any atom is 0.251 e. The van der Waals surface area contributed by atoms with E-state index in [9.17, 15) is 4.79 Å². The number of nitrogens with one attached hydrogen (secondary N) is 2. The first-order valence-corrected chi connectivity index (χ1v) is 11.9. The molecular formula is C24H30N8O2. The van der Waals surface area contributed by atoms with Crippen molar-refractivity contribution in [1.29, 1.82) is 0 Å². The van der Waals surface area contributed by atoms with Gasteiger partial charge in [0.15, 0.2) is 11.6 Å². The number of carbonyl (C=O) groups excluding carboxylic acids is 1. The van der Waals surface area contributed by atoms with Crippen molar-refractivity contribution in [3.63, 3.8) is 0 Å². The van der Waals surface area contributed by atoms with Gasteiger partial charge in [-0.1, -0.05) is 19.8 Å². The van der Waals surface area contributed by atoms with Gasteiger partial charge in [-0.3, -0.25) is 9.36 Å². The molecule has 0 saturated heterocycles. The van der Waals surface area contributed by atoms with Crippen molar-refractivity contribution < 1.29 is 9.53 Å². The van der Waals surface area contributed by atoms with E-state index in [1.807, 2.05) is 23.8 Å². The molecule has 0 bridgehead atoms. The van der Waals surface area contributed by atoms with E-state index in [2.05, 4.69) is 37.6 Å². The van der Waals surface area contributed by atoms with E-state index >= 15 is 0 Å². The quantitative estimate of drug-likeness (QED) is 0.546. The SMILES string of the molecule is CCNC(=O)c1ccc(Nc2ncc3c(n2)N(C2CCCC2)C(CC)c2nncn2-3)c(OC)c1. The number of carbonyl (C=O) groups is 1. The Kier molecular flexibility index (Phi) is 6.04. The topological polar surface area (TPSA) is 110 Å². The fraction of sp³-hybridized carbons (Fsp3) is 0.458. The second-order valence-electron chi connectivity index (χ2n) is 8.63. The average Bonchev–Trinajstić information content (AvgIpc) is 3.56. The van der Waals surface area contributed by atoms with Crippen molar-refractivity contribution >= 4 is 23.4 Å². The number of anilines is 3. The van der Waals surface area contributed by atoms with Crippen LogP contribution in [0, 0.1) is 0 Å². The first-order valence-electron chi connectivity index (χ1n) is 11.9. The van der Waals surface area contributed by atoms with Gasteiger partial charge in [0.2, 0.25) is 5.95 Å². The second kappa shape index (κ2) is 9.28. The summed E-state index contributed by atoms with van der Waals surface area (Å²) in [5, 5.41) is 14.7. The third-order valence-corrected chi connectivity index (χ3v) is 6.61. The number of hydrogen-bond acceptors (Lipinski definition) is 8. The van der Waals surface area contributed by atoms with Crippen LogP contribution in [0.4, 0.5) is 17.5 Å². The molecule has 0 radical (unpaired) electrons. The van der Waals surface area contributed by atoms with Crippen molar-refractivity contribution in [1.82, 2.24) is 30.0 Å². The molecule has 1 saturated carbocycles. The molecule has 2 aromatic heterocycles. The van der Waals surface area contributed by atoms with E-state index in [1.54, 1.807) is 25.6 Å². The van der Waals surface area contributed by atoms with Crippen molar-refractivity contribution in [3.05, 3.63) is 42.1 Å². The van der Waals surface area contributed by atoms with Gasteiger partial charge in [0.25, 0.3) is 5.91 Å². The third-order valence-electron chi connectivity index (χ3n) is 6.61. The molecule has 3 heterocycles. The van der Waals surface area contributed by atoms with Gasteiger partial charge in [0, 0.05) is 18.2 Å². The molecule has 1 fully saturated rings. The molecule has 3 aromatic rings. The number of fused-ring (bicyclic) bond motifs is 3. The monoisotopic (exact) mass is 462 g/mol. The lowest BCUT2D eigenvalue weighted by molar-refractivity contribution is 0.0955. The fourth-order valence-electron chi connectivity index (χ4n) is 5.02. The van der Waals surface area contributed by atoms with Crippen LogP contribution in [0.15, 0.2) is 30.7 Å². The highest BCUT2D eigenvalue weighted by Crippen LogP contribution is 2.43. The van der Waals surface area contributed by atoms with Gasteiger partial charge >= 0.3 is 0 Å². The Labute approximate surface area is 198 Å². The smallest absolute Gasteiger partial charge is 0.251 e. The van der Waals surface area contributed by atoms with Crippen LogP contribution in [0.2, 0.25) is 0 Å². The first-order chi connectivity index (χ1) is 16.6. The summed E-state index contributed by atoms with van der Waals surface area (Å²) in [4.78, 5) is 24.2. The zero-order valence-electron chi connectivity index (χ0n) is 19.8. The minimum atomic E-state index is -0.139. The highest BCUT2D eigenvalue weighted by molar-refractivity contribution is 5.95. The van der Waals surface area contributed by atoms with Crippen molar-refractivity contribution in [2.45, 2.75) is 58.0 Å². The van der Waals surface area contributed by atoms with Crippen LogP contribution in [0.5, 0.6) is 5.75 Å². The van der Waals surface area contributed by atoms with Gasteiger partial charge < -0.3 is 20.3 Å². The number of benzene rings is 1. The van der Waals surface area contributed by atoms with E-state index in [1.165, 1.54) is 12.8 Å². The zero-order chi connectivity index (χ0) is 23.7. The number of nitrogens with zero attached hydrogens (tertiary/aromatic N) is 6. The Morgan fingerprint density at radius 3 is 2.79 bits per heavy atom. The number of hydrogen-bond donors (Lipinski definition) is 2. The van der Waals surface area contributed by atoms with E-state index in [-0.39, 0.29) is 11.9 Å². The summed E-state index contributed by atoms with van der Waals surface area (Å²) >= 11 is 0. The van der Waals surface area contributed by atoms with Crippen LogP contribution in [0.3, 0.4) is 0 Å². The zero-order valence-corrected chi connectivity index (χ0v) is 19.8. The summed E-state index contributed by atoms with van der Waals surface area (Å²) in [7, 11) is 1.58. The van der Waals surface area contributed by atoms with Gasteiger partial charge in [-0.15, -0.1) is 10.2 Å². The van der Waals surface area contributed by atoms with Gasteiger partial charge in [0.1, 0.15) is 17.8 Å². The molecule has 2 aliphatic rings. The highest BCUT2D eigenvalue weighted by Gasteiger charge is 2.38. The first kappa shape index (κ1) is 22.1. The summed E-state index contributed by atoms with van der Waals surface area (Å²) in [6.45, 7) is 4.63. The minimum absolute atomic E-state index is 0.117. The predicted octanol–water partition coefficient (Wildman–Crippen LogP) is 3.77. The number of methoxy groups -OCH3 is 1. The van der Waals surface area contributed by atoms with Crippen LogP contribution >= 0.6 is 0 Å². The molecule has 1 amide bonds. The van der Waals surface area contributed by atoms with E-state index in [0.29, 0.717) is 35.5 Å². The number of rotatable bonds is 7. The summed E-state index contributed by atoms with van der Waals surface area (Å²) in [5.41, 5.74) is 2.12. The lowest BCUT2D eigenvalue weighted by Gasteiger charge is -2.40. The Morgan fingerprint density at radius 1 is 1.24 bits per heavy atom. The second-order valence-corrected chi connectivity index (χ2v) is 8.63. The van der Waals surface area contributed by atoms with Crippen LogP contribution in [-0.2, 0) is 0 Å². The lowest BCUT2D eigenvalue weighted by atomic mass is 10.0. The van der Waals surface area contributed by atoms with Crippen molar-refractivity contribution in [3.8, 4) is 11.4 Å². The molecule has 1 unspecified atom stereocenters. The van der Waals surface area contributed by atoms with Crippen LogP contribution in [-0.4, -0.2) is 50.3 Å². The summed E-state index contributed by atoms with van der Waals surface area (Å²) < 4.78 is 7.54. The highest BCUT2D eigenvalue weighted by atomic mass is 16.5. The van der Waals surface area contributed by atoms with Crippen molar-refractivity contribution in [2.75, 3.05) is 23.9 Å². The van der Waals surface area contributed by atoms with Gasteiger partial charge in [-0.25, -0.2) is 4.98 Å². The number of aromatic nitrogens is 5. The molecule has 10 heteroatoms. The molecule has 1 aliphatic heterocycles. The Balaban J connectivity index is 1.51. The molecule has 2 N–H and O–H groups in total. The number of ether oxygens (including phenoxy) is 1. The van der Waals surface area contributed by atoms with Crippen LogP contribution in [0.25, 0.3) is 5.69 Å². The Morgan fingerprint density at radius 2 is 2.06 bits per heavy atom. The standard InChI is InChI=1S/C24H30N8O2/c1-4-18-22-30-27-14-31(22)19-13-26-24(29-21(19)32(18)16-8-6-7-9-16)28-17-11-10-15(12-20(17)34-3)23(33)25-5-2/h10-14,16,18H,4-9H2,1-3H3,(H,25,33)(H,26,28,29). The van der Waals surface area contributed by atoms with E-state index in [4.69, 9.17) is 9.72 Å². The molecular weight excluding hydrogens is 432 g/mol. The molecule has 10 nitrogen and oxygen atoms in total. The van der Waals surface area contributed by atoms with Crippen LogP contribution in [0.1, 0.15) is 68.2 Å². The maximum absolute atomic E-state index is 12.2. The molecule has 5 rings (SSSR count). The normalized spacial score (nSPS) is 17.3. The molecule has 0 spiro atoms. The van der Waals surface area contributed by atoms with Crippen molar-refractivity contribution in [2.24, 2.45) is 0 Å². The van der Waals surface area contributed by atoms with Gasteiger partial charge in [-0.05, 0) is 44.4 Å². The molecule has 1 atom stereocenters. The fourth-order valence-corrected chi connectivity index (χ4v) is 5.02. The van der Waals surface area contributed by atoms with Crippen LogP contribution < -0.4 is 20.3 Å². The number of amides is 1. The summed E-state index contributed by atoms with van der Waals surface area (Å²) in [6.07, 6.45) is 9.22. The summed E-state index contributed by atoms with van der Waals surface area (Å²) in [6, 6.07) is 5.82. The van der Waals surface area contributed by atoms with E-state index in [0.717, 1.165) is 36.6 Å². The Bertz CT molecular complexity index is 1190. The molecule has 34 heavy (non-hydrogen) atoms. The largest absolute Gasteiger partial charge is 0.495 e. The summed E-state index contributed by atoms with van der Waals surface area (Å²) in [5.74, 6) is 2.71. The lowest BCUT2D eigenvalue weighted by Crippen LogP contribution is -2.42. The van der Waals surface area contributed by atoms with Gasteiger partial charge in [-0.2, -0.15) is 4.98 Å². The maximum atomic E-state index is 12.2. The molecule has 1 aromatic carbocycles. The predicted molar refractivity (Wildman–Crippen MR) is 129 cm³/mol. The van der Waals surface area contributed by atoms with Gasteiger partial charge in [0.05, 0.1) is 25.0 Å². The third kappa shape index (κ3) is 3.82. The molecule has 178 valence electrons. The Hall–Kier alpha value is -3.69. The molecule has 1 aliphatic carbocycles. The van der Waals surface area contributed by atoms with E-state index < -0.39 is 0 Å².